The van der Waals surface area contributed by atoms with E-state index in [1.54, 1.807) is 7.11 Å². The quantitative estimate of drug-likeness (QED) is 0.690. The maximum atomic E-state index is 5.34. The Morgan fingerprint density at radius 3 is 3.00 bits per heavy atom. The van der Waals surface area contributed by atoms with Gasteiger partial charge in [-0.15, -0.1) is 0 Å². The molecule has 3 heteroatoms. The molecule has 1 aliphatic carbocycles. The van der Waals surface area contributed by atoms with Crippen molar-refractivity contribution in [1.29, 1.82) is 0 Å². The molecule has 1 fully saturated rings. The molecular weight excluding hydrogens is 200 g/mol. The SMILES string of the molecule is COCC(CNC1CC1)N1CCC=C(C)C1. The van der Waals surface area contributed by atoms with E-state index in [0.717, 1.165) is 25.7 Å². The smallest absolute Gasteiger partial charge is 0.0630 e. The number of hydrogen-bond donors (Lipinski definition) is 1. The van der Waals surface area contributed by atoms with E-state index in [9.17, 15) is 0 Å². The zero-order valence-electron chi connectivity index (χ0n) is 10.5. The van der Waals surface area contributed by atoms with Gasteiger partial charge in [0.15, 0.2) is 0 Å². The topological polar surface area (TPSA) is 24.5 Å². The average molecular weight is 224 g/mol. The predicted octanol–water partition coefficient (Wildman–Crippen LogP) is 1.41. The van der Waals surface area contributed by atoms with Crippen LogP contribution in [0, 0.1) is 0 Å². The molecule has 1 atom stereocenters. The monoisotopic (exact) mass is 224 g/mol. The van der Waals surface area contributed by atoms with Crippen LogP contribution < -0.4 is 5.32 Å². The summed E-state index contributed by atoms with van der Waals surface area (Å²) in [6.45, 7) is 6.43. The molecule has 1 unspecified atom stereocenters. The summed E-state index contributed by atoms with van der Waals surface area (Å²) in [5.74, 6) is 0. The van der Waals surface area contributed by atoms with Gasteiger partial charge in [-0.2, -0.15) is 0 Å². The van der Waals surface area contributed by atoms with Gasteiger partial charge in [-0.05, 0) is 26.2 Å². The number of nitrogens with zero attached hydrogens (tertiary/aromatic N) is 1. The van der Waals surface area contributed by atoms with E-state index in [2.05, 4.69) is 23.2 Å². The van der Waals surface area contributed by atoms with E-state index in [4.69, 9.17) is 4.74 Å². The van der Waals surface area contributed by atoms with Gasteiger partial charge in [-0.1, -0.05) is 11.6 Å². The minimum Gasteiger partial charge on any atom is -0.383 e. The number of hydrogen-bond acceptors (Lipinski definition) is 3. The molecular formula is C13H24N2O. The standard InChI is InChI=1S/C13H24N2O/c1-11-4-3-7-15(9-11)13(10-16-2)8-14-12-5-6-12/h4,12-14H,3,5-10H2,1-2H3. The number of methoxy groups -OCH3 is 1. The highest BCUT2D eigenvalue weighted by molar-refractivity contribution is 5.05. The van der Waals surface area contributed by atoms with Crippen molar-refractivity contribution in [2.75, 3.05) is 33.4 Å². The van der Waals surface area contributed by atoms with Crippen LogP contribution in [-0.2, 0) is 4.74 Å². The molecule has 3 nitrogen and oxygen atoms in total. The van der Waals surface area contributed by atoms with Crippen molar-refractivity contribution < 1.29 is 4.74 Å². The van der Waals surface area contributed by atoms with Gasteiger partial charge in [0, 0.05) is 38.8 Å². The molecule has 0 bridgehead atoms. The largest absolute Gasteiger partial charge is 0.383 e. The van der Waals surface area contributed by atoms with Gasteiger partial charge in [0.2, 0.25) is 0 Å². The number of nitrogens with one attached hydrogen (secondary N) is 1. The Kier molecular flexibility index (Phi) is 4.38. The fraction of sp³-hybridized carbons (Fsp3) is 0.846. The van der Waals surface area contributed by atoms with Gasteiger partial charge in [0.25, 0.3) is 0 Å². The third-order valence-corrected chi connectivity index (χ3v) is 3.46. The van der Waals surface area contributed by atoms with Crippen LogP contribution in [0.25, 0.3) is 0 Å². The van der Waals surface area contributed by atoms with Crippen LogP contribution in [0.2, 0.25) is 0 Å². The minimum absolute atomic E-state index is 0.536. The normalized spacial score (nSPS) is 24.2. The van der Waals surface area contributed by atoms with Crippen molar-refractivity contribution >= 4 is 0 Å². The fourth-order valence-electron chi connectivity index (χ4n) is 2.33. The van der Waals surface area contributed by atoms with Gasteiger partial charge in [-0.25, -0.2) is 0 Å². The highest BCUT2D eigenvalue weighted by atomic mass is 16.5. The highest BCUT2D eigenvalue weighted by Gasteiger charge is 2.25. The highest BCUT2D eigenvalue weighted by Crippen LogP contribution is 2.19. The van der Waals surface area contributed by atoms with Crippen molar-refractivity contribution in [2.24, 2.45) is 0 Å². The summed E-state index contributed by atoms with van der Waals surface area (Å²) in [4.78, 5) is 2.55. The molecule has 0 aromatic heterocycles. The molecule has 0 radical (unpaired) electrons. The van der Waals surface area contributed by atoms with E-state index >= 15 is 0 Å². The molecule has 0 aromatic rings. The first-order valence-electron chi connectivity index (χ1n) is 6.41. The van der Waals surface area contributed by atoms with Crippen molar-refractivity contribution in [1.82, 2.24) is 10.2 Å². The first-order valence-corrected chi connectivity index (χ1v) is 6.41. The number of rotatable bonds is 6. The van der Waals surface area contributed by atoms with Crippen molar-refractivity contribution in [3.63, 3.8) is 0 Å². The molecule has 92 valence electrons. The summed E-state index contributed by atoms with van der Waals surface area (Å²) in [6.07, 6.45) is 6.27. The maximum Gasteiger partial charge on any atom is 0.0630 e. The Bertz CT molecular complexity index is 248. The summed E-state index contributed by atoms with van der Waals surface area (Å²) in [6, 6.07) is 1.33. The van der Waals surface area contributed by atoms with E-state index in [1.807, 2.05) is 0 Å². The van der Waals surface area contributed by atoms with E-state index in [1.165, 1.54) is 31.4 Å². The van der Waals surface area contributed by atoms with Crippen LogP contribution in [0.1, 0.15) is 26.2 Å². The van der Waals surface area contributed by atoms with Gasteiger partial charge in [-0.3, -0.25) is 4.90 Å². The minimum atomic E-state index is 0.536. The first kappa shape index (κ1) is 12.1. The lowest BCUT2D eigenvalue weighted by Crippen LogP contribution is -2.47. The van der Waals surface area contributed by atoms with Crippen LogP contribution in [0.4, 0.5) is 0 Å². The number of ether oxygens (including phenoxy) is 1. The summed E-state index contributed by atoms with van der Waals surface area (Å²) in [5, 5.41) is 3.61. The molecule has 0 saturated heterocycles. The fourth-order valence-corrected chi connectivity index (χ4v) is 2.33. The van der Waals surface area contributed by atoms with Crippen molar-refractivity contribution in [3.8, 4) is 0 Å². The van der Waals surface area contributed by atoms with Crippen LogP contribution >= 0.6 is 0 Å². The third-order valence-electron chi connectivity index (χ3n) is 3.46. The zero-order valence-corrected chi connectivity index (χ0v) is 10.5. The van der Waals surface area contributed by atoms with Crippen molar-refractivity contribution in [3.05, 3.63) is 11.6 Å². The lowest BCUT2D eigenvalue weighted by atomic mass is 10.1. The summed E-state index contributed by atoms with van der Waals surface area (Å²) >= 11 is 0. The molecule has 1 N–H and O–H groups in total. The lowest BCUT2D eigenvalue weighted by Gasteiger charge is -2.34. The Hall–Kier alpha value is -0.380. The molecule has 0 aromatic carbocycles. The van der Waals surface area contributed by atoms with Crippen LogP contribution in [0.15, 0.2) is 11.6 Å². The second-order valence-electron chi connectivity index (χ2n) is 5.10. The molecule has 1 saturated carbocycles. The first-order chi connectivity index (χ1) is 7.79. The molecule has 1 heterocycles. The van der Waals surface area contributed by atoms with Crippen LogP contribution in [-0.4, -0.2) is 50.3 Å². The predicted molar refractivity (Wildman–Crippen MR) is 66.6 cm³/mol. The van der Waals surface area contributed by atoms with Gasteiger partial charge in [0.05, 0.1) is 6.61 Å². The zero-order chi connectivity index (χ0) is 11.4. The van der Waals surface area contributed by atoms with E-state index < -0.39 is 0 Å². The summed E-state index contributed by atoms with van der Waals surface area (Å²) in [5.41, 5.74) is 1.50. The van der Waals surface area contributed by atoms with E-state index in [-0.39, 0.29) is 0 Å². The Morgan fingerprint density at radius 2 is 2.38 bits per heavy atom. The lowest BCUT2D eigenvalue weighted by molar-refractivity contribution is 0.0929. The molecule has 0 spiro atoms. The maximum absolute atomic E-state index is 5.34. The van der Waals surface area contributed by atoms with Crippen molar-refractivity contribution in [2.45, 2.75) is 38.3 Å². The van der Waals surface area contributed by atoms with Gasteiger partial charge >= 0.3 is 0 Å². The molecule has 2 rings (SSSR count). The van der Waals surface area contributed by atoms with Gasteiger partial charge in [0.1, 0.15) is 0 Å². The molecule has 0 amide bonds. The Morgan fingerprint density at radius 1 is 1.56 bits per heavy atom. The summed E-state index contributed by atoms with van der Waals surface area (Å²) < 4.78 is 5.34. The Balaban J connectivity index is 1.81. The third kappa shape index (κ3) is 3.58. The average Bonchev–Trinajstić information content (AvgIpc) is 3.08. The molecule has 16 heavy (non-hydrogen) atoms. The summed E-state index contributed by atoms with van der Waals surface area (Å²) in [7, 11) is 1.80. The van der Waals surface area contributed by atoms with E-state index in [0.29, 0.717) is 6.04 Å². The second kappa shape index (κ2) is 5.80. The Labute approximate surface area is 98.8 Å². The molecule has 2 aliphatic rings. The van der Waals surface area contributed by atoms with Crippen LogP contribution in [0.5, 0.6) is 0 Å². The van der Waals surface area contributed by atoms with Crippen LogP contribution in [0.3, 0.4) is 0 Å². The second-order valence-corrected chi connectivity index (χ2v) is 5.10. The molecule has 1 aliphatic heterocycles. The van der Waals surface area contributed by atoms with Gasteiger partial charge < -0.3 is 10.1 Å².